The Kier molecular flexibility index (Phi) is 4.53. The van der Waals surface area contributed by atoms with Gasteiger partial charge in [0.25, 0.3) is 0 Å². The van der Waals surface area contributed by atoms with Crippen molar-refractivity contribution in [1.82, 2.24) is 4.72 Å². The van der Waals surface area contributed by atoms with Crippen LogP contribution in [0.25, 0.3) is 0 Å². The number of carbonyl (C=O) groups is 1. The Labute approximate surface area is 124 Å². The van der Waals surface area contributed by atoms with Crippen molar-refractivity contribution in [3.63, 3.8) is 0 Å². The fourth-order valence-corrected chi connectivity index (χ4v) is 4.04. The molecule has 0 heterocycles. The minimum atomic E-state index is -3.85. The van der Waals surface area contributed by atoms with Crippen LogP contribution in [0.15, 0.2) is 23.1 Å². The summed E-state index contributed by atoms with van der Waals surface area (Å²) in [4.78, 5) is 10.9. The lowest BCUT2D eigenvalue weighted by Gasteiger charge is -2.16. The zero-order chi connectivity index (χ0) is 15.6. The van der Waals surface area contributed by atoms with E-state index in [9.17, 15) is 13.2 Å². The lowest BCUT2D eigenvalue weighted by atomic mass is 9.99. The van der Waals surface area contributed by atoms with Crippen LogP contribution in [0.3, 0.4) is 0 Å². The van der Waals surface area contributed by atoms with E-state index in [1.54, 1.807) is 0 Å². The highest BCUT2D eigenvalue weighted by Gasteiger charge is 2.27. The number of sulfonamides is 1. The number of hydrogen-bond acceptors (Lipinski definition) is 4. The number of carboxylic acids is 1. The van der Waals surface area contributed by atoms with Crippen LogP contribution in [-0.4, -0.2) is 26.0 Å². The molecule has 4 N–H and O–H groups in total. The van der Waals surface area contributed by atoms with Crippen molar-refractivity contribution in [2.75, 3.05) is 12.3 Å². The van der Waals surface area contributed by atoms with Crippen molar-refractivity contribution in [2.45, 2.75) is 31.1 Å². The van der Waals surface area contributed by atoms with Gasteiger partial charge < -0.3 is 10.8 Å². The van der Waals surface area contributed by atoms with E-state index >= 15 is 0 Å². The first-order valence-electron chi connectivity index (χ1n) is 6.94. The van der Waals surface area contributed by atoms with Gasteiger partial charge in [-0.25, -0.2) is 17.9 Å². The lowest BCUT2D eigenvalue weighted by molar-refractivity contribution is 0.0692. The standard InChI is InChI=1S/C14H20N2O4S/c1-9-3-2-4-10(9)8-16-21(19,20)13-6-5-11(15)7-12(13)14(17)18/h5-7,9-10,16H,2-4,8,15H2,1H3,(H,17,18). The Hall–Kier alpha value is -1.60. The van der Waals surface area contributed by atoms with Crippen molar-refractivity contribution in [2.24, 2.45) is 11.8 Å². The summed E-state index contributed by atoms with van der Waals surface area (Å²) in [5, 5.41) is 9.13. The molecule has 1 aliphatic rings. The first-order valence-corrected chi connectivity index (χ1v) is 8.42. The van der Waals surface area contributed by atoms with Crippen molar-refractivity contribution in [3.8, 4) is 0 Å². The van der Waals surface area contributed by atoms with Crippen LogP contribution in [0.2, 0.25) is 0 Å². The maximum absolute atomic E-state index is 12.3. The number of aromatic carboxylic acids is 1. The van der Waals surface area contributed by atoms with Crippen LogP contribution in [0, 0.1) is 11.8 Å². The molecule has 6 nitrogen and oxygen atoms in total. The maximum Gasteiger partial charge on any atom is 0.337 e. The molecule has 2 rings (SSSR count). The minimum Gasteiger partial charge on any atom is -0.478 e. The van der Waals surface area contributed by atoms with E-state index in [4.69, 9.17) is 10.8 Å². The summed E-state index contributed by atoms with van der Waals surface area (Å²) >= 11 is 0. The van der Waals surface area contributed by atoms with E-state index in [1.807, 2.05) is 0 Å². The average molecular weight is 312 g/mol. The monoisotopic (exact) mass is 312 g/mol. The summed E-state index contributed by atoms with van der Waals surface area (Å²) in [6.45, 7) is 2.45. The van der Waals surface area contributed by atoms with E-state index in [0.29, 0.717) is 18.4 Å². The van der Waals surface area contributed by atoms with Crippen LogP contribution >= 0.6 is 0 Å². The normalized spacial score (nSPS) is 22.3. The highest BCUT2D eigenvalue weighted by molar-refractivity contribution is 7.89. The molecule has 2 unspecified atom stereocenters. The smallest absolute Gasteiger partial charge is 0.337 e. The molecule has 0 radical (unpaired) electrons. The number of rotatable bonds is 5. The molecule has 1 aromatic rings. The second kappa shape index (κ2) is 6.03. The van der Waals surface area contributed by atoms with Gasteiger partial charge in [0.1, 0.15) is 0 Å². The van der Waals surface area contributed by atoms with E-state index < -0.39 is 16.0 Å². The summed E-state index contributed by atoms with van der Waals surface area (Å²) in [5.74, 6) is -0.517. The molecule has 1 saturated carbocycles. The summed E-state index contributed by atoms with van der Waals surface area (Å²) in [7, 11) is -3.85. The second-order valence-corrected chi connectivity index (χ2v) is 7.32. The van der Waals surface area contributed by atoms with Crippen LogP contribution < -0.4 is 10.5 Å². The molecule has 1 fully saturated rings. The van der Waals surface area contributed by atoms with Crippen LogP contribution in [0.4, 0.5) is 5.69 Å². The van der Waals surface area contributed by atoms with E-state index in [0.717, 1.165) is 25.3 Å². The Morgan fingerprint density at radius 2 is 2.14 bits per heavy atom. The molecule has 2 atom stereocenters. The van der Waals surface area contributed by atoms with Crippen molar-refractivity contribution >= 4 is 21.7 Å². The largest absolute Gasteiger partial charge is 0.478 e. The Morgan fingerprint density at radius 1 is 1.43 bits per heavy atom. The fraction of sp³-hybridized carbons (Fsp3) is 0.500. The molecule has 0 bridgehead atoms. The fourth-order valence-electron chi connectivity index (χ4n) is 2.77. The topological polar surface area (TPSA) is 109 Å². The first-order chi connectivity index (χ1) is 9.81. The Morgan fingerprint density at radius 3 is 2.71 bits per heavy atom. The molecule has 0 aliphatic heterocycles. The molecule has 116 valence electrons. The zero-order valence-electron chi connectivity index (χ0n) is 11.9. The summed E-state index contributed by atoms with van der Waals surface area (Å²) in [5.41, 5.74) is 5.44. The van der Waals surface area contributed by atoms with E-state index in [-0.39, 0.29) is 16.1 Å². The van der Waals surface area contributed by atoms with Gasteiger partial charge >= 0.3 is 5.97 Å². The second-order valence-electron chi connectivity index (χ2n) is 5.58. The number of nitrogens with one attached hydrogen (secondary N) is 1. The average Bonchev–Trinajstić information content (AvgIpc) is 2.81. The number of nitrogen functional groups attached to an aromatic ring is 1. The Balaban J connectivity index is 2.21. The molecule has 7 heteroatoms. The maximum atomic E-state index is 12.3. The SMILES string of the molecule is CC1CCCC1CNS(=O)(=O)c1ccc(N)cc1C(=O)O. The minimum absolute atomic E-state index is 0.218. The predicted molar refractivity (Wildman–Crippen MR) is 79.5 cm³/mol. The van der Waals surface area contributed by atoms with Gasteiger partial charge in [0.05, 0.1) is 10.5 Å². The number of anilines is 1. The molecule has 21 heavy (non-hydrogen) atoms. The highest BCUT2D eigenvalue weighted by Crippen LogP contribution is 2.31. The third-order valence-corrected chi connectivity index (χ3v) is 5.58. The van der Waals surface area contributed by atoms with Gasteiger partial charge in [-0.2, -0.15) is 0 Å². The molecule has 0 saturated heterocycles. The van der Waals surface area contributed by atoms with Gasteiger partial charge in [-0.05, 0) is 36.5 Å². The number of benzene rings is 1. The van der Waals surface area contributed by atoms with Gasteiger partial charge in [-0.1, -0.05) is 19.8 Å². The number of nitrogens with two attached hydrogens (primary N) is 1. The van der Waals surface area contributed by atoms with E-state index in [1.165, 1.54) is 12.1 Å². The predicted octanol–water partition coefficient (Wildman–Crippen LogP) is 1.68. The third kappa shape index (κ3) is 3.54. The van der Waals surface area contributed by atoms with Gasteiger partial charge in [0.2, 0.25) is 10.0 Å². The first kappa shape index (κ1) is 15.8. The quantitative estimate of drug-likeness (QED) is 0.717. The molecule has 0 spiro atoms. The highest BCUT2D eigenvalue weighted by atomic mass is 32.2. The number of hydrogen-bond donors (Lipinski definition) is 3. The van der Waals surface area contributed by atoms with Gasteiger partial charge in [-0.15, -0.1) is 0 Å². The van der Waals surface area contributed by atoms with E-state index in [2.05, 4.69) is 11.6 Å². The molecular formula is C14H20N2O4S. The summed E-state index contributed by atoms with van der Waals surface area (Å²) in [6, 6.07) is 3.79. The molecule has 0 amide bonds. The lowest BCUT2D eigenvalue weighted by Crippen LogP contribution is -2.31. The van der Waals surface area contributed by atoms with Gasteiger partial charge in [0.15, 0.2) is 0 Å². The molecule has 0 aromatic heterocycles. The van der Waals surface area contributed by atoms with Crippen LogP contribution in [-0.2, 0) is 10.0 Å². The van der Waals surface area contributed by atoms with Crippen molar-refractivity contribution < 1.29 is 18.3 Å². The summed E-state index contributed by atoms with van der Waals surface area (Å²) in [6.07, 6.45) is 3.21. The molecule has 1 aliphatic carbocycles. The number of carboxylic acid groups (broad SMARTS) is 1. The van der Waals surface area contributed by atoms with Gasteiger partial charge in [-0.3, -0.25) is 0 Å². The van der Waals surface area contributed by atoms with Crippen LogP contribution in [0.5, 0.6) is 0 Å². The molecular weight excluding hydrogens is 292 g/mol. The Bertz CT molecular complexity index is 642. The molecule has 1 aromatic carbocycles. The van der Waals surface area contributed by atoms with Crippen molar-refractivity contribution in [3.05, 3.63) is 23.8 Å². The summed E-state index contributed by atoms with van der Waals surface area (Å²) < 4.78 is 27.2. The van der Waals surface area contributed by atoms with Crippen LogP contribution in [0.1, 0.15) is 36.5 Å². The zero-order valence-corrected chi connectivity index (χ0v) is 12.7. The third-order valence-electron chi connectivity index (χ3n) is 4.10. The van der Waals surface area contributed by atoms with Crippen molar-refractivity contribution in [1.29, 1.82) is 0 Å². The van der Waals surface area contributed by atoms with Gasteiger partial charge in [0, 0.05) is 12.2 Å².